The summed E-state index contributed by atoms with van der Waals surface area (Å²) in [6, 6.07) is -0.537. The molecule has 2 aliphatic rings. The highest BCUT2D eigenvalue weighted by atomic mass is 19.1. The van der Waals surface area contributed by atoms with Crippen LogP contribution in [0.25, 0.3) is 0 Å². The Balaban J connectivity index is 1.81. The van der Waals surface area contributed by atoms with E-state index < -0.39 is 11.7 Å². The van der Waals surface area contributed by atoms with E-state index in [1.54, 1.807) is 4.90 Å². The van der Waals surface area contributed by atoms with Crippen molar-refractivity contribution < 1.29 is 14.0 Å². The van der Waals surface area contributed by atoms with Crippen molar-refractivity contribution in [2.75, 3.05) is 13.1 Å². The van der Waals surface area contributed by atoms with Crippen molar-refractivity contribution in [3.63, 3.8) is 0 Å². The topological polar surface area (TPSA) is 75.4 Å². The lowest BCUT2D eigenvalue weighted by atomic mass is 10.0. The summed E-state index contributed by atoms with van der Waals surface area (Å²) >= 11 is 0. The molecule has 1 saturated carbocycles. The zero-order valence-electron chi connectivity index (χ0n) is 9.04. The van der Waals surface area contributed by atoms with Gasteiger partial charge in [-0.15, -0.1) is 0 Å². The van der Waals surface area contributed by atoms with E-state index >= 15 is 0 Å². The first-order valence-electron chi connectivity index (χ1n) is 5.55. The quantitative estimate of drug-likeness (QED) is 0.707. The number of carbonyl (C=O) groups excluding carboxylic acids is 2. The molecule has 0 bridgehead atoms. The number of nitrogens with zero attached hydrogens (tertiary/aromatic N) is 1. The van der Waals surface area contributed by atoms with Gasteiger partial charge in [-0.1, -0.05) is 0 Å². The van der Waals surface area contributed by atoms with Crippen molar-refractivity contribution in [2.45, 2.75) is 37.4 Å². The van der Waals surface area contributed by atoms with Gasteiger partial charge in [0.25, 0.3) is 5.91 Å². The SMILES string of the molecule is NC(=O)NC1CCN(C(=O)C2(F)CC2)CC1. The Bertz CT molecular complexity index is 309. The van der Waals surface area contributed by atoms with Crippen LogP contribution in [0.2, 0.25) is 0 Å². The third-order valence-corrected chi connectivity index (χ3v) is 3.20. The number of rotatable bonds is 2. The normalized spacial score (nSPS) is 23.9. The summed E-state index contributed by atoms with van der Waals surface area (Å²) in [6.45, 7) is 0.991. The first kappa shape index (κ1) is 11.2. The van der Waals surface area contributed by atoms with Crippen LogP contribution in [-0.2, 0) is 4.79 Å². The van der Waals surface area contributed by atoms with Gasteiger partial charge in [0.05, 0.1) is 0 Å². The van der Waals surface area contributed by atoms with Crippen molar-refractivity contribution in [1.29, 1.82) is 0 Å². The largest absolute Gasteiger partial charge is 0.352 e. The predicted molar refractivity (Wildman–Crippen MR) is 55.4 cm³/mol. The molecule has 3 amide bonds. The van der Waals surface area contributed by atoms with Gasteiger partial charge in [0.2, 0.25) is 0 Å². The molecular formula is C10H16FN3O2. The van der Waals surface area contributed by atoms with Crippen LogP contribution >= 0.6 is 0 Å². The fourth-order valence-corrected chi connectivity index (χ4v) is 2.04. The van der Waals surface area contributed by atoms with Crippen molar-refractivity contribution in [2.24, 2.45) is 5.73 Å². The average molecular weight is 229 g/mol. The van der Waals surface area contributed by atoms with Crippen LogP contribution in [-0.4, -0.2) is 41.6 Å². The maximum absolute atomic E-state index is 13.5. The number of halogens is 1. The molecule has 0 atom stereocenters. The van der Waals surface area contributed by atoms with Crippen LogP contribution in [0.1, 0.15) is 25.7 Å². The Morgan fingerprint density at radius 2 is 1.88 bits per heavy atom. The average Bonchev–Trinajstić information content (AvgIpc) is 2.97. The zero-order chi connectivity index (χ0) is 11.8. The summed E-state index contributed by atoms with van der Waals surface area (Å²) in [5, 5.41) is 2.60. The second-order valence-corrected chi connectivity index (χ2v) is 4.54. The second-order valence-electron chi connectivity index (χ2n) is 4.54. The Hall–Kier alpha value is -1.33. The zero-order valence-corrected chi connectivity index (χ0v) is 9.04. The van der Waals surface area contributed by atoms with E-state index in [-0.39, 0.29) is 11.9 Å². The lowest BCUT2D eigenvalue weighted by molar-refractivity contribution is -0.139. The van der Waals surface area contributed by atoms with Gasteiger partial charge in [0.15, 0.2) is 5.67 Å². The first-order chi connectivity index (χ1) is 7.51. The summed E-state index contributed by atoms with van der Waals surface area (Å²) in [5.74, 6) is -0.384. The molecule has 1 aliphatic carbocycles. The molecule has 1 heterocycles. The molecule has 0 aromatic rings. The Morgan fingerprint density at radius 1 is 1.31 bits per heavy atom. The van der Waals surface area contributed by atoms with Gasteiger partial charge in [-0.25, -0.2) is 9.18 Å². The minimum atomic E-state index is -1.58. The molecule has 5 nitrogen and oxygen atoms in total. The monoisotopic (exact) mass is 229 g/mol. The molecule has 0 radical (unpaired) electrons. The fourth-order valence-electron chi connectivity index (χ4n) is 2.04. The number of hydrogen-bond donors (Lipinski definition) is 2. The number of nitrogens with one attached hydrogen (secondary N) is 1. The highest BCUT2D eigenvalue weighted by Gasteiger charge is 2.53. The number of likely N-dealkylation sites (tertiary alicyclic amines) is 1. The summed E-state index contributed by atoms with van der Waals surface area (Å²) < 4.78 is 13.5. The van der Waals surface area contributed by atoms with Crippen LogP contribution in [0.4, 0.5) is 9.18 Å². The lowest BCUT2D eigenvalue weighted by Gasteiger charge is -2.32. The van der Waals surface area contributed by atoms with Crippen LogP contribution < -0.4 is 11.1 Å². The van der Waals surface area contributed by atoms with Crippen LogP contribution in [0.3, 0.4) is 0 Å². The smallest absolute Gasteiger partial charge is 0.312 e. The van der Waals surface area contributed by atoms with Crippen LogP contribution in [0.5, 0.6) is 0 Å². The van der Waals surface area contributed by atoms with Gasteiger partial charge in [0, 0.05) is 19.1 Å². The molecule has 1 aliphatic heterocycles. The third kappa shape index (κ3) is 2.25. The molecule has 0 aromatic carbocycles. The second kappa shape index (κ2) is 3.92. The standard InChI is InChI=1S/C10H16FN3O2/c11-10(3-4-10)8(15)14-5-1-7(2-6-14)13-9(12)16/h7H,1-6H2,(H3,12,13,16). The molecule has 90 valence electrons. The van der Waals surface area contributed by atoms with E-state index in [2.05, 4.69) is 5.32 Å². The molecule has 6 heteroatoms. The van der Waals surface area contributed by atoms with E-state index in [1.807, 2.05) is 0 Å². The van der Waals surface area contributed by atoms with E-state index in [0.29, 0.717) is 38.8 Å². The fraction of sp³-hybridized carbons (Fsp3) is 0.800. The Labute approximate surface area is 93.2 Å². The number of primary amides is 1. The molecule has 1 saturated heterocycles. The molecule has 0 unspecified atom stereocenters. The molecule has 2 fully saturated rings. The summed E-state index contributed by atoms with van der Waals surface area (Å²) in [4.78, 5) is 23.8. The number of carbonyl (C=O) groups is 2. The van der Waals surface area contributed by atoms with Crippen molar-refractivity contribution in [1.82, 2.24) is 10.2 Å². The minimum absolute atomic E-state index is 0.0105. The highest BCUT2D eigenvalue weighted by molar-refractivity contribution is 5.88. The van der Waals surface area contributed by atoms with E-state index in [1.165, 1.54) is 0 Å². The van der Waals surface area contributed by atoms with E-state index in [0.717, 1.165) is 0 Å². The van der Waals surface area contributed by atoms with Gasteiger partial charge in [-0.05, 0) is 25.7 Å². The van der Waals surface area contributed by atoms with Gasteiger partial charge < -0.3 is 16.0 Å². The third-order valence-electron chi connectivity index (χ3n) is 3.20. The summed E-state index contributed by atoms with van der Waals surface area (Å²) in [6.07, 6.45) is 1.99. The lowest BCUT2D eigenvalue weighted by Crippen LogP contribution is -2.49. The number of alkyl halides is 1. The minimum Gasteiger partial charge on any atom is -0.352 e. The number of amides is 3. The molecular weight excluding hydrogens is 213 g/mol. The van der Waals surface area contributed by atoms with Gasteiger partial charge >= 0.3 is 6.03 Å². The van der Waals surface area contributed by atoms with E-state index in [9.17, 15) is 14.0 Å². The van der Waals surface area contributed by atoms with Gasteiger partial charge in [-0.2, -0.15) is 0 Å². The maximum Gasteiger partial charge on any atom is 0.312 e. The van der Waals surface area contributed by atoms with Crippen molar-refractivity contribution in [3.05, 3.63) is 0 Å². The molecule has 0 aromatic heterocycles. The number of nitrogens with two attached hydrogens (primary N) is 1. The van der Waals surface area contributed by atoms with E-state index in [4.69, 9.17) is 5.73 Å². The first-order valence-corrected chi connectivity index (χ1v) is 5.55. The Morgan fingerprint density at radius 3 is 2.31 bits per heavy atom. The van der Waals surface area contributed by atoms with Gasteiger partial charge in [-0.3, -0.25) is 4.79 Å². The molecule has 0 spiro atoms. The van der Waals surface area contributed by atoms with Crippen molar-refractivity contribution >= 4 is 11.9 Å². The van der Waals surface area contributed by atoms with Crippen LogP contribution in [0.15, 0.2) is 0 Å². The molecule has 16 heavy (non-hydrogen) atoms. The molecule has 3 N–H and O–H groups in total. The number of piperidine rings is 1. The van der Waals surface area contributed by atoms with Crippen molar-refractivity contribution in [3.8, 4) is 0 Å². The summed E-state index contributed by atoms with van der Waals surface area (Å²) in [7, 11) is 0. The Kier molecular flexibility index (Phi) is 2.73. The number of urea groups is 1. The maximum atomic E-state index is 13.5. The summed E-state index contributed by atoms with van der Waals surface area (Å²) in [5.41, 5.74) is 3.43. The highest BCUT2D eigenvalue weighted by Crippen LogP contribution is 2.41. The molecule has 2 rings (SSSR count). The van der Waals surface area contributed by atoms with Gasteiger partial charge in [0.1, 0.15) is 0 Å². The predicted octanol–water partition coefficient (Wildman–Crippen LogP) is 0.148. The number of hydrogen-bond acceptors (Lipinski definition) is 2. The van der Waals surface area contributed by atoms with Crippen LogP contribution in [0, 0.1) is 0 Å².